The maximum absolute atomic E-state index is 12.2. The van der Waals surface area contributed by atoms with E-state index in [0.29, 0.717) is 5.56 Å². The van der Waals surface area contributed by atoms with E-state index in [1.807, 2.05) is 0 Å². The number of hydrogen-bond acceptors (Lipinski definition) is 3. The Labute approximate surface area is 126 Å². The molecule has 0 spiro atoms. The molecule has 1 aromatic carbocycles. The van der Waals surface area contributed by atoms with Gasteiger partial charge < -0.3 is 20.5 Å². The standard InChI is InChI=1S/C14H19F3N2O3/c1-13(2,3)19(12(20)21)8-11(18)9-5-4-6-10(7-9)22-14(15,16)17/h4-7,11H,8,18H2,1-3H3,(H,20,21). The van der Waals surface area contributed by atoms with Crippen LogP contribution in [-0.4, -0.2) is 34.5 Å². The molecule has 0 aliphatic heterocycles. The molecule has 0 aliphatic carbocycles. The Balaban J connectivity index is 2.91. The molecular formula is C14H19F3N2O3. The fraction of sp³-hybridized carbons (Fsp3) is 0.500. The molecule has 1 atom stereocenters. The summed E-state index contributed by atoms with van der Waals surface area (Å²) in [5.41, 5.74) is 5.60. The summed E-state index contributed by atoms with van der Waals surface area (Å²) in [6.45, 7) is 5.07. The molecule has 3 N–H and O–H groups in total. The molecule has 0 aliphatic rings. The van der Waals surface area contributed by atoms with Gasteiger partial charge >= 0.3 is 12.5 Å². The van der Waals surface area contributed by atoms with Crippen LogP contribution in [0.4, 0.5) is 18.0 Å². The molecule has 5 nitrogen and oxygen atoms in total. The molecule has 0 heterocycles. The number of carboxylic acid groups (broad SMARTS) is 1. The maximum atomic E-state index is 12.2. The van der Waals surface area contributed by atoms with E-state index in [0.717, 1.165) is 17.0 Å². The Bertz CT molecular complexity index is 527. The Hall–Kier alpha value is -1.96. The highest BCUT2D eigenvalue weighted by molar-refractivity contribution is 5.66. The highest BCUT2D eigenvalue weighted by Gasteiger charge is 2.32. The molecular weight excluding hydrogens is 301 g/mol. The first-order chi connectivity index (χ1) is 9.90. The van der Waals surface area contributed by atoms with Crippen molar-refractivity contribution >= 4 is 6.09 Å². The molecule has 0 bridgehead atoms. The number of amides is 1. The predicted molar refractivity (Wildman–Crippen MR) is 74.5 cm³/mol. The van der Waals surface area contributed by atoms with Gasteiger partial charge in [-0.05, 0) is 38.5 Å². The van der Waals surface area contributed by atoms with Gasteiger partial charge in [0, 0.05) is 18.1 Å². The number of carbonyl (C=O) groups is 1. The molecule has 0 radical (unpaired) electrons. The molecule has 0 saturated carbocycles. The molecule has 22 heavy (non-hydrogen) atoms. The second-order valence-electron chi connectivity index (χ2n) is 5.79. The summed E-state index contributed by atoms with van der Waals surface area (Å²) < 4.78 is 40.4. The summed E-state index contributed by atoms with van der Waals surface area (Å²) in [5, 5.41) is 9.21. The zero-order valence-corrected chi connectivity index (χ0v) is 12.5. The van der Waals surface area contributed by atoms with Crippen LogP contribution in [0.15, 0.2) is 24.3 Å². The molecule has 124 valence electrons. The minimum atomic E-state index is -4.79. The summed E-state index contributed by atoms with van der Waals surface area (Å²) in [7, 11) is 0. The van der Waals surface area contributed by atoms with Crippen molar-refractivity contribution < 1.29 is 27.8 Å². The Kier molecular flexibility index (Phi) is 5.29. The van der Waals surface area contributed by atoms with Crippen LogP contribution < -0.4 is 10.5 Å². The van der Waals surface area contributed by atoms with Crippen molar-refractivity contribution in [3.8, 4) is 5.75 Å². The van der Waals surface area contributed by atoms with E-state index in [-0.39, 0.29) is 6.54 Å². The fourth-order valence-electron chi connectivity index (χ4n) is 1.88. The minimum Gasteiger partial charge on any atom is -0.465 e. The quantitative estimate of drug-likeness (QED) is 0.892. The highest BCUT2D eigenvalue weighted by atomic mass is 19.4. The average molecular weight is 320 g/mol. The van der Waals surface area contributed by atoms with Crippen LogP contribution in [0.25, 0.3) is 0 Å². The van der Waals surface area contributed by atoms with E-state index >= 15 is 0 Å². The third-order valence-electron chi connectivity index (χ3n) is 2.94. The van der Waals surface area contributed by atoms with Crippen molar-refractivity contribution in [1.82, 2.24) is 4.90 Å². The van der Waals surface area contributed by atoms with Gasteiger partial charge in [0.15, 0.2) is 0 Å². The molecule has 0 fully saturated rings. The molecule has 1 amide bonds. The predicted octanol–water partition coefficient (Wildman–Crippen LogP) is 3.36. The van der Waals surface area contributed by atoms with Crippen molar-refractivity contribution in [2.45, 2.75) is 38.7 Å². The average Bonchev–Trinajstić information content (AvgIpc) is 2.32. The van der Waals surface area contributed by atoms with Crippen LogP contribution in [-0.2, 0) is 0 Å². The van der Waals surface area contributed by atoms with Crippen molar-refractivity contribution in [3.63, 3.8) is 0 Å². The summed E-state index contributed by atoms with van der Waals surface area (Å²) in [6.07, 6.45) is -5.94. The van der Waals surface area contributed by atoms with Crippen LogP contribution in [0.5, 0.6) is 5.75 Å². The lowest BCUT2D eigenvalue weighted by Gasteiger charge is -2.35. The van der Waals surface area contributed by atoms with Crippen molar-refractivity contribution in [3.05, 3.63) is 29.8 Å². The van der Waals surface area contributed by atoms with E-state index in [1.54, 1.807) is 20.8 Å². The number of ether oxygens (including phenoxy) is 1. The van der Waals surface area contributed by atoms with E-state index in [1.165, 1.54) is 12.1 Å². The molecule has 1 aromatic rings. The third-order valence-corrected chi connectivity index (χ3v) is 2.94. The third kappa shape index (κ3) is 5.44. The van der Waals surface area contributed by atoms with Crippen molar-refractivity contribution in [2.24, 2.45) is 5.73 Å². The van der Waals surface area contributed by atoms with E-state index in [9.17, 15) is 23.1 Å². The molecule has 8 heteroatoms. The van der Waals surface area contributed by atoms with Crippen LogP contribution in [0, 0.1) is 0 Å². The van der Waals surface area contributed by atoms with Gasteiger partial charge in [0.05, 0.1) is 0 Å². The van der Waals surface area contributed by atoms with Crippen LogP contribution >= 0.6 is 0 Å². The maximum Gasteiger partial charge on any atom is 0.573 e. The van der Waals surface area contributed by atoms with Crippen LogP contribution in [0.3, 0.4) is 0 Å². The highest BCUT2D eigenvalue weighted by Crippen LogP contribution is 2.26. The largest absolute Gasteiger partial charge is 0.573 e. The number of alkyl halides is 3. The van der Waals surface area contributed by atoms with Gasteiger partial charge in [-0.15, -0.1) is 13.2 Å². The van der Waals surface area contributed by atoms with Gasteiger partial charge in [0.1, 0.15) is 5.75 Å². The van der Waals surface area contributed by atoms with Crippen LogP contribution in [0.1, 0.15) is 32.4 Å². The number of halogens is 3. The van der Waals surface area contributed by atoms with Gasteiger partial charge in [-0.3, -0.25) is 0 Å². The first-order valence-corrected chi connectivity index (χ1v) is 6.52. The van der Waals surface area contributed by atoms with Gasteiger partial charge in [-0.25, -0.2) is 4.79 Å². The van der Waals surface area contributed by atoms with E-state index < -0.39 is 29.8 Å². The number of hydrogen-bond donors (Lipinski definition) is 2. The Morgan fingerprint density at radius 2 is 1.95 bits per heavy atom. The summed E-state index contributed by atoms with van der Waals surface area (Å²) in [5.74, 6) is -0.391. The van der Waals surface area contributed by atoms with Crippen molar-refractivity contribution in [1.29, 1.82) is 0 Å². The van der Waals surface area contributed by atoms with Crippen molar-refractivity contribution in [2.75, 3.05) is 6.54 Å². The lowest BCUT2D eigenvalue weighted by molar-refractivity contribution is -0.274. The van der Waals surface area contributed by atoms with E-state index in [4.69, 9.17) is 5.73 Å². The van der Waals surface area contributed by atoms with Gasteiger partial charge in [-0.1, -0.05) is 12.1 Å². The minimum absolute atomic E-state index is 0.0473. The fourth-order valence-corrected chi connectivity index (χ4v) is 1.88. The first-order valence-electron chi connectivity index (χ1n) is 6.52. The second kappa shape index (κ2) is 6.43. The van der Waals surface area contributed by atoms with Gasteiger partial charge in [0.2, 0.25) is 0 Å². The Morgan fingerprint density at radius 3 is 2.41 bits per heavy atom. The SMILES string of the molecule is CC(C)(C)N(CC(N)c1cccc(OC(F)(F)F)c1)C(=O)O. The first kappa shape index (κ1) is 18.1. The molecule has 1 rings (SSSR count). The monoisotopic (exact) mass is 320 g/mol. The number of nitrogens with zero attached hydrogens (tertiary/aromatic N) is 1. The zero-order valence-electron chi connectivity index (χ0n) is 12.5. The lowest BCUT2D eigenvalue weighted by atomic mass is 10.0. The topological polar surface area (TPSA) is 75.8 Å². The molecule has 0 saturated heterocycles. The second-order valence-corrected chi connectivity index (χ2v) is 5.79. The molecule has 1 unspecified atom stereocenters. The molecule has 0 aromatic heterocycles. The number of nitrogens with two attached hydrogens (primary N) is 1. The lowest BCUT2D eigenvalue weighted by Crippen LogP contribution is -2.48. The normalized spacial score (nSPS) is 13.6. The number of benzene rings is 1. The van der Waals surface area contributed by atoms with Gasteiger partial charge in [-0.2, -0.15) is 0 Å². The van der Waals surface area contributed by atoms with Gasteiger partial charge in [0.25, 0.3) is 0 Å². The van der Waals surface area contributed by atoms with E-state index in [2.05, 4.69) is 4.74 Å². The van der Waals surface area contributed by atoms with Crippen LogP contribution in [0.2, 0.25) is 0 Å². The summed E-state index contributed by atoms with van der Waals surface area (Å²) in [6, 6.07) is 4.44. The summed E-state index contributed by atoms with van der Waals surface area (Å²) >= 11 is 0. The number of rotatable bonds is 4. The summed E-state index contributed by atoms with van der Waals surface area (Å²) in [4.78, 5) is 12.4. The Morgan fingerprint density at radius 1 is 1.36 bits per heavy atom. The smallest absolute Gasteiger partial charge is 0.465 e. The zero-order chi connectivity index (χ0) is 17.1.